The van der Waals surface area contributed by atoms with Crippen LogP contribution in [-0.4, -0.2) is 15.7 Å². The summed E-state index contributed by atoms with van der Waals surface area (Å²) in [4.78, 5) is 11.7. The Bertz CT molecular complexity index is 473. The smallest absolute Gasteiger partial charge is 0.257 e. The zero-order valence-electron chi connectivity index (χ0n) is 8.52. The zero-order chi connectivity index (χ0) is 10.8. The van der Waals surface area contributed by atoms with Crippen molar-refractivity contribution in [1.29, 1.82) is 0 Å². The number of carbonyl (C=O) groups is 1. The number of aromatic nitrogens is 2. The molecule has 0 fully saturated rings. The van der Waals surface area contributed by atoms with Crippen LogP contribution in [-0.2, 0) is 7.05 Å². The molecule has 0 saturated carbocycles. The Kier molecular flexibility index (Phi) is 2.55. The minimum atomic E-state index is -0.0979. The summed E-state index contributed by atoms with van der Waals surface area (Å²) in [5.41, 5.74) is 1.57. The normalized spacial score (nSPS) is 10.3. The van der Waals surface area contributed by atoms with E-state index in [1.165, 1.54) is 11.3 Å². The Hall–Kier alpha value is -1.62. The molecule has 0 bridgehead atoms. The van der Waals surface area contributed by atoms with E-state index in [0.717, 1.165) is 5.69 Å². The predicted octanol–water partition coefficient (Wildman–Crippen LogP) is 2.04. The van der Waals surface area contributed by atoms with Gasteiger partial charge in [-0.05, 0) is 18.4 Å². The fourth-order valence-electron chi connectivity index (χ4n) is 1.31. The van der Waals surface area contributed by atoms with Crippen LogP contribution in [0.4, 0.5) is 5.82 Å². The van der Waals surface area contributed by atoms with Crippen LogP contribution in [0, 0.1) is 6.92 Å². The molecule has 1 amide bonds. The molecule has 0 saturated heterocycles. The van der Waals surface area contributed by atoms with E-state index >= 15 is 0 Å². The Balaban J connectivity index is 2.16. The van der Waals surface area contributed by atoms with Gasteiger partial charge in [-0.25, -0.2) is 0 Å². The SMILES string of the molecule is Cc1cc(NC(=O)c2ccsc2)n(C)n1. The van der Waals surface area contributed by atoms with Crippen molar-refractivity contribution in [2.24, 2.45) is 7.05 Å². The highest BCUT2D eigenvalue weighted by Crippen LogP contribution is 2.12. The van der Waals surface area contributed by atoms with Crippen molar-refractivity contribution in [3.8, 4) is 0 Å². The van der Waals surface area contributed by atoms with Gasteiger partial charge in [-0.1, -0.05) is 0 Å². The summed E-state index contributed by atoms with van der Waals surface area (Å²) in [7, 11) is 1.80. The number of anilines is 1. The first-order chi connectivity index (χ1) is 7.16. The number of hydrogen-bond acceptors (Lipinski definition) is 3. The van der Waals surface area contributed by atoms with Crippen LogP contribution in [0.2, 0.25) is 0 Å². The number of thiophene rings is 1. The van der Waals surface area contributed by atoms with Crippen molar-refractivity contribution in [1.82, 2.24) is 9.78 Å². The lowest BCUT2D eigenvalue weighted by atomic mass is 10.3. The Morgan fingerprint density at radius 3 is 2.93 bits per heavy atom. The number of amides is 1. The van der Waals surface area contributed by atoms with Gasteiger partial charge in [-0.3, -0.25) is 9.48 Å². The highest BCUT2D eigenvalue weighted by Gasteiger charge is 2.09. The van der Waals surface area contributed by atoms with Gasteiger partial charge < -0.3 is 5.32 Å². The molecule has 0 unspecified atom stereocenters. The summed E-state index contributed by atoms with van der Waals surface area (Å²) >= 11 is 1.50. The first-order valence-corrected chi connectivity index (χ1v) is 5.45. The van der Waals surface area contributed by atoms with Crippen LogP contribution in [0.3, 0.4) is 0 Å². The molecule has 1 N–H and O–H groups in total. The lowest BCUT2D eigenvalue weighted by Crippen LogP contribution is -2.13. The van der Waals surface area contributed by atoms with Gasteiger partial charge in [0.2, 0.25) is 0 Å². The maximum atomic E-state index is 11.7. The highest BCUT2D eigenvalue weighted by atomic mass is 32.1. The monoisotopic (exact) mass is 221 g/mol. The van der Waals surface area contributed by atoms with Crippen LogP contribution < -0.4 is 5.32 Å². The minimum Gasteiger partial charge on any atom is -0.307 e. The quantitative estimate of drug-likeness (QED) is 0.843. The summed E-state index contributed by atoms with van der Waals surface area (Å²) in [6, 6.07) is 3.63. The van der Waals surface area contributed by atoms with Crippen LogP contribution in [0.25, 0.3) is 0 Å². The molecule has 0 atom stereocenters. The third-order valence-corrected chi connectivity index (χ3v) is 2.71. The van der Waals surface area contributed by atoms with Crippen LogP contribution in [0.15, 0.2) is 22.9 Å². The molecule has 2 aromatic rings. The molecule has 78 valence electrons. The summed E-state index contributed by atoms with van der Waals surface area (Å²) in [5, 5.41) is 10.6. The van der Waals surface area contributed by atoms with Gasteiger partial charge in [0.25, 0.3) is 5.91 Å². The molecule has 0 spiro atoms. The molecule has 0 aliphatic rings. The Morgan fingerprint density at radius 2 is 2.40 bits per heavy atom. The molecule has 0 aliphatic heterocycles. The van der Waals surface area contributed by atoms with Crippen molar-refractivity contribution in [3.05, 3.63) is 34.2 Å². The molecule has 2 heterocycles. The van der Waals surface area contributed by atoms with Crippen molar-refractivity contribution < 1.29 is 4.79 Å². The summed E-state index contributed by atoms with van der Waals surface area (Å²) in [6.45, 7) is 1.89. The second-order valence-corrected chi connectivity index (χ2v) is 4.04. The van der Waals surface area contributed by atoms with E-state index in [-0.39, 0.29) is 5.91 Å². The van der Waals surface area contributed by atoms with E-state index in [0.29, 0.717) is 11.4 Å². The van der Waals surface area contributed by atoms with Gasteiger partial charge in [0, 0.05) is 18.5 Å². The number of nitrogens with one attached hydrogen (secondary N) is 1. The van der Waals surface area contributed by atoms with Crippen molar-refractivity contribution in [2.45, 2.75) is 6.92 Å². The first-order valence-electron chi connectivity index (χ1n) is 4.51. The van der Waals surface area contributed by atoms with Crippen molar-refractivity contribution >= 4 is 23.1 Å². The maximum absolute atomic E-state index is 11.7. The topological polar surface area (TPSA) is 46.9 Å². The molecular formula is C10H11N3OS. The Morgan fingerprint density at radius 1 is 1.60 bits per heavy atom. The Labute approximate surface area is 91.5 Å². The van der Waals surface area contributed by atoms with E-state index in [1.54, 1.807) is 17.8 Å². The average Bonchev–Trinajstić information content (AvgIpc) is 2.76. The van der Waals surface area contributed by atoms with E-state index in [9.17, 15) is 4.79 Å². The summed E-state index contributed by atoms with van der Waals surface area (Å²) < 4.78 is 1.65. The van der Waals surface area contributed by atoms with Crippen LogP contribution in [0.5, 0.6) is 0 Å². The number of rotatable bonds is 2. The number of hydrogen-bond donors (Lipinski definition) is 1. The lowest BCUT2D eigenvalue weighted by Gasteiger charge is -2.02. The molecule has 15 heavy (non-hydrogen) atoms. The van der Waals surface area contributed by atoms with Gasteiger partial charge in [0.15, 0.2) is 0 Å². The second-order valence-electron chi connectivity index (χ2n) is 3.26. The molecule has 0 radical (unpaired) electrons. The van der Waals surface area contributed by atoms with Gasteiger partial charge in [0.05, 0.1) is 11.3 Å². The van der Waals surface area contributed by atoms with Crippen LogP contribution >= 0.6 is 11.3 Å². The van der Waals surface area contributed by atoms with E-state index in [1.807, 2.05) is 23.8 Å². The molecule has 0 aliphatic carbocycles. The number of aryl methyl sites for hydroxylation is 2. The predicted molar refractivity (Wildman–Crippen MR) is 60.2 cm³/mol. The second kappa shape index (κ2) is 3.86. The van der Waals surface area contributed by atoms with Gasteiger partial charge in [-0.15, -0.1) is 0 Å². The lowest BCUT2D eigenvalue weighted by molar-refractivity contribution is 0.102. The third kappa shape index (κ3) is 2.07. The maximum Gasteiger partial charge on any atom is 0.257 e. The molecule has 2 aromatic heterocycles. The largest absolute Gasteiger partial charge is 0.307 e. The first kappa shape index (κ1) is 9.92. The van der Waals surface area contributed by atoms with Gasteiger partial charge >= 0.3 is 0 Å². The number of nitrogens with zero attached hydrogens (tertiary/aromatic N) is 2. The van der Waals surface area contributed by atoms with Gasteiger partial charge in [-0.2, -0.15) is 16.4 Å². The minimum absolute atomic E-state index is 0.0979. The van der Waals surface area contributed by atoms with Crippen molar-refractivity contribution in [2.75, 3.05) is 5.32 Å². The molecule has 2 rings (SSSR count). The highest BCUT2D eigenvalue weighted by molar-refractivity contribution is 7.08. The molecule has 5 heteroatoms. The van der Waals surface area contributed by atoms with Gasteiger partial charge in [0.1, 0.15) is 5.82 Å². The van der Waals surface area contributed by atoms with E-state index in [4.69, 9.17) is 0 Å². The van der Waals surface area contributed by atoms with Crippen LogP contribution in [0.1, 0.15) is 16.1 Å². The summed E-state index contributed by atoms with van der Waals surface area (Å²) in [6.07, 6.45) is 0. The third-order valence-electron chi connectivity index (χ3n) is 2.03. The fraction of sp³-hybridized carbons (Fsp3) is 0.200. The zero-order valence-corrected chi connectivity index (χ0v) is 9.34. The average molecular weight is 221 g/mol. The number of carbonyl (C=O) groups excluding carboxylic acids is 1. The van der Waals surface area contributed by atoms with E-state index in [2.05, 4.69) is 10.4 Å². The fourth-order valence-corrected chi connectivity index (χ4v) is 1.95. The standard InChI is InChI=1S/C10H11N3OS/c1-7-5-9(13(2)12-7)11-10(14)8-3-4-15-6-8/h3-6H,1-2H3,(H,11,14). The molecular weight excluding hydrogens is 210 g/mol. The summed E-state index contributed by atoms with van der Waals surface area (Å²) in [5.74, 6) is 0.614. The van der Waals surface area contributed by atoms with E-state index < -0.39 is 0 Å². The molecule has 4 nitrogen and oxygen atoms in total. The molecule has 0 aromatic carbocycles. The van der Waals surface area contributed by atoms with Crippen molar-refractivity contribution in [3.63, 3.8) is 0 Å².